The lowest BCUT2D eigenvalue weighted by atomic mass is 10.1. The fourth-order valence-corrected chi connectivity index (χ4v) is 1.13. The predicted octanol–water partition coefficient (Wildman–Crippen LogP) is 1.07. The molecular weight excluding hydrogens is 198 g/mol. The Morgan fingerprint density at radius 2 is 1.67 bits per heavy atom. The molecule has 15 heavy (non-hydrogen) atoms. The molecule has 2 amide bonds. The maximum absolute atomic E-state index is 11.0. The maximum Gasteiger partial charge on any atom is 0.394 e. The topological polar surface area (TPSA) is 83.5 Å². The first-order valence-electron chi connectivity index (χ1n) is 5.15. The summed E-state index contributed by atoms with van der Waals surface area (Å²) in [5, 5.41) is 10.0. The van der Waals surface area contributed by atoms with E-state index in [1.807, 2.05) is 0 Å². The van der Waals surface area contributed by atoms with Crippen LogP contribution in [-0.4, -0.2) is 22.9 Å². The molecule has 0 heterocycles. The summed E-state index contributed by atoms with van der Waals surface area (Å²) in [4.78, 5) is 31.6. The van der Waals surface area contributed by atoms with E-state index >= 15 is 0 Å². The molecule has 0 aromatic rings. The van der Waals surface area contributed by atoms with Gasteiger partial charge >= 0.3 is 11.9 Å². The first-order valence-corrected chi connectivity index (χ1v) is 5.15. The van der Waals surface area contributed by atoms with Gasteiger partial charge < -0.3 is 5.11 Å². The van der Waals surface area contributed by atoms with Crippen molar-refractivity contribution in [2.45, 2.75) is 45.4 Å². The van der Waals surface area contributed by atoms with Crippen molar-refractivity contribution < 1.29 is 19.5 Å². The van der Waals surface area contributed by atoms with Crippen LogP contribution in [0.4, 0.5) is 0 Å². The summed E-state index contributed by atoms with van der Waals surface area (Å²) in [5.41, 5.74) is 0. The van der Waals surface area contributed by atoms with Crippen LogP contribution in [0.2, 0.25) is 0 Å². The molecule has 0 radical (unpaired) electrons. The van der Waals surface area contributed by atoms with Crippen molar-refractivity contribution >= 4 is 17.8 Å². The monoisotopic (exact) mass is 215 g/mol. The van der Waals surface area contributed by atoms with Gasteiger partial charge in [-0.15, -0.1) is 0 Å². The Hall–Kier alpha value is -1.39. The molecule has 0 aliphatic rings. The number of nitrogens with one attached hydrogen (secondary N) is 1. The number of amides is 2. The standard InChI is InChI=1S/C10H17NO4/c1-2-3-4-5-6-7-8(12)11-9(13)10(14)15/h2-7H2,1H3,(H,14,15)(H,11,12,13). The molecule has 5 nitrogen and oxygen atoms in total. The molecule has 0 saturated heterocycles. The van der Waals surface area contributed by atoms with E-state index in [9.17, 15) is 14.4 Å². The van der Waals surface area contributed by atoms with Gasteiger partial charge in [-0.05, 0) is 6.42 Å². The van der Waals surface area contributed by atoms with Crippen molar-refractivity contribution in [2.24, 2.45) is 0 Å². The van der Waals surface area contributed by atoms with Crippen LogP contribution in [0.15, 0.2) is 0 Å². The van der Waals surface area contributed by atoms with Crippen molar-refractivity contribution in [3.8, 4) is 0 Å². The van der Waals surface area contributed by atoms with Gasteiger partial charge in [0.1, 0.15) is 0 Å². The van der Waals surface area contributed by atoms with E-state index < -0.39 is 17.8 Å². The first-order chi connectivity index (χ1) is 7.07. The summed E-state index contributed by atoms with van der Waals surface area (Å²) >= 11 is 0. The van der Waals surface area contributed by atoms with E-state index in [0.717, 1.165) is 25.7 Å². The van der Waals surface area contributed by atoms with E-state index in [1.54, 1.807) is 5.32 Å². The molecule has 0 saturated carbocycles. The third-order valence-electron chi connectivity index (χ3n) is 1.95. The van der Waals surface area contributed by atoms with Crippen LogP contribution in [0.3, 0.4) is 0 Å². The van der Waals surface area contributed by atoms with Gasteiger partial charge in [-0.25, -0.2) is 4.79 Å². The molecule has 0 bridgehead atoms. The summed E-state index contributed by atoms with van der Waals surface area (Å²) in [5.74, 6) is -3.40. The molecule has 0 fully saturated rings. The van der Waals surface area contributed by atoms with E-state index in [1.165, 1.54) is 0 Å². The molecule has 0 aliphatic heterocycles. The summed E-state index contributed by atoms with van der Waals surface area (Å²) in [6.45, 7) is 2.10. The van der Waals surface area contributed by atoms with Gasteiger partial charge in [0.25, 0.3) is 0 Å². The quantitative estimate of drug-likeness (QED) is 0.513. The zero-order chi connectivity index (χ0) is 11.7. The highest BCUT2D eigenvalue weighted by Gasteiger charge is 2.13. The third-order valence-corrected chi connectivity index (χ3v) is 1.95. The van der Waals surface area contributed by atoms with Gasteiger partial charge in [-0.2, -0.15) is 0 Å². The number of hydrogen-bond acceptors (Lipinski definition) is 3. The summed E-state index contributed by atoms with van der Waals surface area (Å²) in [7, 11) is 0. The first kappa shape index (κ1) is 13.6. The third kappa shape index (κ3) is 7.66. The zero-order valence-corrected chi connectivity index (χ0v) is 8.91. The van der Waals surface area contributed by atoms with Gasteiger partial charge in [0, 0.05) is 6.42 Å². The van der Waals surface area contributed by atoms with Crippen LogP contribution in [0.5, 0.6) is 0 Å². The lowest BCUT2D eigenvalue weighted by molar-refractivity contribution is -0.151. The summed E-state index contributed by atoms with van der Waals surface area (Å²) in [6.07, 6.45) is 5.17. The highest BCUT2D eigenvalue weighted by Crippen LogP contribution is 2.04. The molecule has 0 rings (SSSR count). The molecular formula is C10H17NO4. The van der Waals surface area contributed by atoms with Crippen molar-refractivity contribution in [3.63, 3.8) is 0 Å². The Kier molecular flexibility index (Phi) is 7.23. The van der Waals surface area contributed by atoms with Crippen LogP contribution < -0.4 is 5.32 Å². The van der Waals surface area contributed by atoms with Crippen molar-refractivity contribution in [3.05, 3.63) is 0 Å². The minimum absolute atomic E-state index is 0.211. The molecule has 0 atom stereocenters. The molecule has 0 aromatic heterocycles. The van der Waals surface area contributed by atoms with Crippen LogP contribution in [-0.2, 0) is 14.4 Å². The maximum atomic E-state index is 11.0. The SMILES string of the molecule is CCCCCCCC(=O)NC(=O)C(=O)O. The van der Waals surface area contributed by atoms with E-state index in [-0.39, 0.29) is 6.42 Å². The van der Waals surface area contributed by atoms with Crippen LogP contribution in [0, 0.1) is 0 Å². The molecule has 0 aliphatic carbocycles. The van der Waals surface area contributed by atoms with Gasteiger partial charge in [-0.3, -0.25) is 14.9 Å². The second kappa shape index (κ2) is 7.96. The highest BCUT2D eigenvalue weighted by atomic mass is 16.4. The number of rotatable bonds is 6. The fraction of sp³-hybridized carbons (Fsp3) is 0.700. The number of carbonyl (C=O) groups is 3. The van der Waals surface area contributed by atoms with E-state index in [0.29, 0.717) is 6.42 Å². The summed E-state index contributed by atoms with van der Waals surface area (Å²) in [6, 6.07) is 0. The largest absolute Gasteiger partial charge is 0.474 e. The molecule has 86 valence electrons. The Morgan fingerprint density at radius 1 is 1.07 bits per heavy atom. The average Bonchev–Trinajstić information content (AvgIpc) is 2.17. The van der Waals surface area contributed by atoms with Crippen LogP contribution in [0.25, 0.3) is 0 Å². The van der Waals surface area contributed by atoms with Crippen LogP contribution in [0.1, 0.15) is 45.4 Å². The van der Waals surface area contributed by atoms with Gasteiger partial charge in [0.05, 0.1) is 0 Å². The number of unbranched alkanes of at least 4 members (excludes halogenated alkanes) is 4. The lowest BCUT2D eigenvalue weighted by Crippen LogP contribution is -2.35. The van der Waals surface area contributed by atoms with Gasteiger partial charge in [-0.1, -0.05) is 32.6 Å². The highest BCUT2D eigenvalue weighted by molar-refractivity contribution is 6.34. The molecule has 0 aromatic carbocycles. The van der Waals surface area contributed by atoms with Crippen molar-refractivity contribution in [1.82, 2.24) is 5.32 Å². The summed E-state index contributed by atoms with van der Waals surface area (Å²) < 4.78 is 0. The van der Waals surface area contributed by atoms with E-state index in [4.69, 9.17) is 5.11 Å². The van der Waals surface area contributed by atoms with E-state index in [2.05, 4.69) is 6.92 Å². The lowest BCUT2D eigenvalue weighted by Gasteiger charge is -2.00. The zero-order valence-electron chi connectivity index (χ0n) is 8.91. The Bertz CT molecular complexity index is 238. The smallest absolute Gasteiger partial charge is 0.394 e. The molecule has 0 unspecified atom stereocenters. The fourth-order valence-electron chi connectivity index (χ4n) is 1.13. The minimum atomic E-state index is -1.63. The number of carboxylic acids is 1. The number of hydrogen-bond donors (Lipinski definition) is 2. The molecule has 5 heteroatoms. The Labute approximate surface area is 88.9 Å². The Morgan fingerprint density at radius 3 is 2.20 bits per heavy atom. The predicted molar refractivity (Wildman–Crippen MR) is 54.2 cm³/mol. The normalized spacial score (nSPS) is 9.67. The molecule has 2 N–H and O–H groups in total. The number of aliphatic carboxylic acids is 1. The van der Waals surface area contributed by atoms with Crippen molar-refractivity contribution in [2.75, 3.05) is 0 Å². The molecule has 0 spiro atoms. The van der Waals surface area contributed by atoms with Gasteiger partial charge in [0.2, 0.25) is 5.91 Å². The average molecular weight is 215 g/mol. The number of carbonyl (C=O) groups excluding carboxylic acids is 2. The number of carboxylic acid groups (broad SMARTS) is 1. The van der Waals surface area contributed by atoms with Gasteiger partial charge in [0.15, 0.2) is 0 Å². The second-order valence-electron chi connectivity index (χ2n) is 3.35. The second-order valence-corrected chi connectivity index (χ2v) is 3.35. The Balaban J connectivity index is 3.49. The number of imide groups is 1. The van der Waals surface area contributed by atoms with Crippen molar-refractivity contribution in [1.29, 1.82) is 0 Å². The minimum Gasteiger partial charge on any atom is -0.474 e. The van der Waals surface area contributed by atoms with Crippen LogP contribution >= 0.6 is 0 Å².